The molecule has 1 unspecified atom stereocenters. The number of anilines is 1. The molecule has 2 N–H and O–H groups in total. The predicted molar refractivity (Wildman–Crippen MR) is 90.4 cm³/mol. The number of piperidine rings is 1. The number of hydrogen-bond acceptors (Lipinski definition) is 1. The van der Waals surface area contributed by atoms with Crippen molar-refractivity contribution in [2.75, 3.05) is 25.0 Å². The van der Waals surface area contributed by atoms with Gasteiger partial charge < -0.3 is 10.2 Å². The largest absolute Gasteiger partial charge is 0.327 e. The molecule has 1 heterocycles. The van der Waals surface area contributed by atoms with Gasteiger partial charge in [0.15, 0.2) is 6.54 Å². The van der Waals surface area contributed by atoms with Crippen molar-refractivity contribution < 1.29 is 9.69 Å². The Morgan fingerprint density at radius 2 is 2.05 bits per heavy atom. The van der Waals surface area contributed by atoms with E-state index in [1.54, 1.807) is 0 Å². The van der Waals surface area contributed by atoms with Crippen molar-refractivity contribution in [3.8, 4) is 0 Å². The summed E-state index contributed by atoms with van der Waals surface area (Å²) in [6.07, 6.45) is 6.84. The van der Waals surface area contributed by atoms with Crippen molar-refractivity contribution in [2.45, 2.75) is 39.0 Å². The molecular formula is C18H26ClN2O+. The van der Waals surface area contributed by atoms with E-state index < -0.39 is 0 Å². The van der Waals surface area contributed by atoms with E-state index in [0.717, 1.165) is 29.6 Å². The maximum atomic E-state index is 12.3. The molecule has 2 fully saturated rings. The quantitative estimate of drug-likeness (QED) is 0.881. The first-order chi connectivity index (χ1) is 10.6. The number of likely N-dealkylation sites (tertiary alicyclic amines) is 1. The lowest BCUT2D eigenvalue weighted by Gasteiger charge is -2.38. The first-order valence-corrected chi connectivity index (χ1v) is 8.89. The van der Waals surface area contributed by atoms with Gasteiger partial charge in [0.1, 0.15) is 0 Å². The molecule has 1 saturated heterocycles. The minimum absolute atomic E-state index is 0.0787. The van der Waals surface area contributed by atoms with Gasteiger partial charge in [-0.3, -0.25) is 4.79 Å². The standard InChI is InChI=1S/C18H25ClN2O/c1-13-6-7-17(16(19)10-13)20-18(22)12-21-9-8-14-4-2-3-5-15(14)11-21/h6-7,10,14-15H,2-5,8-9,11-12H2,1H3,(H,20,22)/p+1/t14-,15+/m0/s1. The van der Waals surface area contributed by atoms with Crippen LogP contribution in [0.15, 0.2) is 18.2 Å². The highest BCUT2D eigenvalue weighted by Gasteiger charge is 2.34. The highest BCUT2D eigenvalue weighted by Crippen LogP contribution is 2.32. The third-order valence-electron chi connectivity index (χ3n) is 5.30. The van der Waals surface area contributed by atoms with Crippen LogP contribution in [0.3, 0.4) is 0 Å². The first-order valence-electron chi connectivity index (χ1n) is 8.51. The number of nitrogens with one attached hydrogen (secondary N) is 2. The molecule has 0 aromatic heterocycles. The number of aryl methyl sites for hydroxylation is 1. The van der Waals surface area contributed by atoms with E-state index in [1.165, 1.54) is 43.5 Å². The van der Waals surface area contributed by atoms with Crippen LogP contribution >= 0.6 is 11.6 Å². The molecule has 3 nitrogen and oxygen atoms in total. The van der Waals surface area contributed by atoms with Gasteiger partial charge >= 0.3 is 0 Å². The van der Waals surface area contributed by atoms with Crippen molar-refractivity contribution in [3.63, 3.8) is 0 Å². The molecule has 120 valence electrons. The molecule has 1 saturated carbocycles. The van der Waals surface area contributed by atoms with Crippen LogP contribution in [0.4, 0.5) is 5.69 Å². The number of rotatable bonds is 3. The first kappa shape index (κ1) is 15.8. The molecular weight excluding hydrogens is 296 g/mol. The second-order valence-corrected chi connectivity index (χ2v) is 7.41. The molecule has 1 aliphatic heterocycles. The highest BCUT2D eigenvalue weighted by molar-refractivity contribution is 6.33. The molecule has 1 aromatic carbocycles. The monoisotopic (exact) mass is 321 g/mol. The zero-order chi connectivity index (χ0) is 15.5. The van der Waals surface area contributed by atoms with Crippen LogP contribution in [-0.4, -0.2) is 25.5 Å². The molecule has 3 atom stereocenters. The Bertz CT molecular complexity index is 546. The van der Waals surface area contributed by atoms with E-state index in [-0.39, 0.29) is 5.91 Å². The van der Waals surface area contributed by atoms with Gasteiger partial charge in [0, 0.05) is 5.92 Å². The Balaban J connectivity index is 1.53. The molecule has 1 amide bonds. The van der Waals surface area contributed by atoms with Crippen LogP contribution in [-0.2, 0) is 4.79 Å². The predicted octanol–water partition coefficient (Wildman–Crippen LogP) is 2.68. The fraction of sp³-hybridized carbons (Fsp3) is 0.611. The van der Waals surface area contributed by atoms with E-state index in [4.69, 9.17) is 11.6 Å². The molecule has 0 spiro atoms. The summed E-state index contributed by atoms with van der Waals surface area (Å²) >= 11 is 6.19. The number of fused-ring (bicyclic) bond motifs is 1. The molecule has 3 rings (SSSR count). The van der Waals surface area contributed by atoms with Crippen molar-refractivity contribution in [1.29, 1.82) is 0 Å². The lowest BCUT2D eigenvalue weighted by molar-refractivity contribution is -0.902. The Morgan fingerprint density at radius 3 is 2.82 bits per heavy atom. The van der Waals surface area contributed by atoms with Crippen molar-refractivity contribution >= 4 is 23.2 Å². The van der Waals surface area contributed by atoms with Gasteiger partial charge in [-0.2, -0.15) is 0 Å². The van der Waals surface area contributed by atoms with Crippen LogP contribution in [0, 0.1) is 18.8 Å². The second kappa shape index (κ2) is 7.01. The molecule has 0 radical (unpaired) electrons. The maximum Gasteiger partial charge on any atom is 0.279 e. The van der Waals surface area contributed by atoms with Gasteiger partial charge in [0.05, 0.1) is 23.8 Å². The van der Waals surface area contributed by atoms with Gasteiger partial charge in [0.25, 0.3) is 5.91 Å². The van der Waals surface area contributed by atoms with Crippen molar-refractivity contribution in [1.82, 2.24) is 0 Å². The molecule has 2 aliphatic rings. The topological polar surface area (TPSA) is 33.5 Å². The number of hydrogen-bond donors (Lipinski definition) is 2. The molecule has 1 aliphatic carbocycles. The van der Waals surface area contributed by atoms with Gasteiger partial charge in [-0.1, -0.05) is 30.5 Å². The van der Waals surface area contributed by atoms with E-state index in [1.807, 2.05) is 25.1 Å². The van der Waals surface area contributed by atoms with E-state index >= 15 is 0 Å². The summed E-state index contributed by atoms with van der Waals surface area (Å²) in [5.74, 6) is 1.84. The summed E-state index contributed by atoms with van der Waals surface area (Å²) in [4.78, 5) is 13.7. The van der Waals surface area contributed by atoms with Crippen molar-refractivity contribution in [2.24, 2.45) is 11.8 Å². The number of benzene rings is 1. The van der Waals surface area contributed by atoms with Crippen LogP contribution in [0.1, 0.15) is 37.7 Å². The van der Waals surface area contributed by atoms with Crippen LogP contribution < -0.4 is 10.2 Å². The zero-order valence-electron chi connectivity index (χ0n) is 13.3. The summed E-state index contributed by atoms with van der Waals surface area (Å²) in [7, 11) is 0. The normalized spacial score (nSPS) is 28.0. The molecule has 1 aromatic rings. The average molecular weight is 322 g/mol. The lowest BCUT2D eigenvalue weighted by atomic mass is 9.75. The number of carbonyl (C=O) groups excluding carboxylic acids is 1. The number of amides is 1. The van der Waals surface area contributed by atoms with Crippen LogP contribution in [0.5, 0.6) is 0 Å². The zero-order valence-corrected chi connectivity index (χ0v) is 14.1. The summed E-state index contributed by atoms with van der Waals surface area (Å²) in [6.45, 7) is 4.86. The van der Waals surface area contributed by atoms with Gasteiger partial charge in [-0.25, -0.2) is 0 Å². The average Bonchev–Trinajstić information content (AvgIpc) is 2.50. The summed E-state index contributed by atoms with van der Waals surface area (Å²) in [5, 5.41) is 3.58. The minimum atomic E-state index is 0.0787. The Kier molecular flexibility index (Phi) is 5.04. The summed E-state index contributed by atoms with van der Waals surface area (Å²) in [6, 6.07) is 5.75. The molecule has 4 heteroatoms. The second-order valence-electron chi connectivity index (χ2n) is 7.01. The van der Waals surface area contributed by atoms with E-state index in [9.17, 15) is 4.79 Å². The fourth-order valence-corrected chi connectivity index (χ4v) is 4.38. The van der Waals surface area contributed by atoms with E-state index in [2.05, 4.69) is 5.32 Å². The fourth-order valence-electron chi connectivity index (χ4n) is 4.10. The third-order valence-corrected chi connectivity index (χ3v) is 5.61. The number of carbonyl (C=O) groups is 1. The summed E-state index contributed by atoms with van der Waals surface area (Å²) in [5.41, 5.74) is 1.83. The highest BCUT2D eigenvalue weighted by atomic mass is 35.5. The van der Waals surface area contributed by atoms with Gasteiger partial charge in [0.2, 0.25) is 0 Å². The summed E-state index contributed by atoms with van der Waals surface area (Å²) < 4.78 is 0. The van der Waals surface area contributed by atoms with Crippen LogP contribution in [0.2, 0.25) is 5.02 Å². The Morgan fingerprint density at radius 1 is 1.27 bits per heavy atom. The lowest BCUT2D eigenvalue weighted by Crippen LogP contribution is -3.15. The number of quaternary nitrogens is 1. The van der Waals surface area contributed by atoms with Gasteiger partial charge in [-0.05, 0) is 49.8 Å². The van der Waals surface area contributed by atoms with Crippen molar-refractivity contribution in [3.05, 3.63) is 28.8 Å². The van der Waals surface area contributed by atoms with E-state index in [0.29, 0.717) is 11.6 Å². The maximum absolute atomic E-state index is 12.3. The molecule has 22 heavy (non-hydrogen) atoms. The smallest absolute Gasteiger partial charge is 0.279 e. The number of halogens is 1. The third kappa shape index (κ3) is 3.82. The minimum Gasteiger partial charge on any atom is -0.327 e. The van der Waals surface area contributed by atoms with Crippen LogP contribution in [0.25, 0.3) is 0 Å². The van der Waals surface area contributed by atoms with Gasteiger partial charge in [-0.15, -0.1) is 0 Å². The SMILES string of the molecule is Cc1ccc(NC(=O)C[NH+]2CC[C@@H]3CCCC[C@@H]3C2)c(Cl)c1. The Labute approximate surface area is 138 Å². The Hall–Kier alpha value is -1.06. The molecule has 0 bridgehead atoms.